The fourth-order valence-electron chi connectivity index (χ4n) is 3.41. The van der Waals surface area contributed by atoms with Crippen LogP contribution in [0, 0.1) is 0 Å². The molecule has 0 fully saturated rings. The highest BCUT2D eigenvalue weighted by molar-refractivity contribution is 6.33. The highest BCUT2D eigenvalue weighted by Gasteiger charge is 2.22. The number of nitrogens with one attached hydrogen (secondary N) is 2. The van der Waals surface area contributed by atoms with Crippen LogP contribution in [0.3, 0.4) is 0 Å². The Morgan fingerprint density at radius 2 is 1.57 bits per heavy atom. The summed E-state index contributed by atoms with van der Waals surface area (Å²) in [4.78, 5) is 24.3. The Morgan fingerprint density at radius 1 is 0.914 bits per heavy atom. The van der Waals surface area contributed by atoms with Crippen LogP contribution in [-0.4, -0.2) is 29.6 Å². The molecule has 0 aliphatic rings. The van der Waals surface area contributed by atoms with Gasteiger partial charge in [-0.05, 0) is 61.2 Å². The molecule has 3 aromatic rings. The predicted octanol–water partition coefficient (Wildman–Crippen LogP) is 5.23. The molecule has 1 atom stereocenters. The SMILES string of the molecule is CC(C)=C(NCCc1ccccc1)Oc1ccc(CC(NC(=O)c2ccccc2Cl)C(=O)O)cc1. The Hall–Kier alpha value is -3.77. The summed E-state index contributed by atoms with van der Waals surface area (Å²) < 4.78 is 6.02. The number of ether oxygens (including phenoxy) is 1. The van der Waals surface area contributed by atoms with E-state index in [0.717, 1.165) is 24.1 Å². The number of carbonyl (C=O) groups is 2. The van der Waals surface area contributed by atoms with Crippen molar-refractivity contribution in [2.45, 2.75) is 32.7 Å². The first kappa shape index (κ1) is 25.8. The van der Waals surface area contributed by atoms with Crippen molar-refractivity contribution in [2.24, 2.45) is 0 Å². The third-order valence-corrected chi connectivity index (χ3v) is 5.63. The van der Waals surface area contributed by atoms with E-state index in [9.17, 15) is 14.7 Å². The summed E-state index contributed by atoms with van der Waals surface area (Å²) in [6, 6.07) is 22.8. The van der Waals surface area contributed by atoms with Gasteiger partial charge in [0.2, 0.25) is 0 Å². The van der Waals surface area contributed by atoms with E-state index >= 15 is 0 Å². The zero-order chi connectivity index (χ0) is 25.2. The molecule has 0 saturated carbocycles. The number of benzene rings is 3. The average Bonchev–Trinajstić information content (AvgIpc) is 2.84. The van der Waals surface area contributed by atoms with Crippen LogP contribution in [0.2, 0.25) is 5.02 Å². The maximum Gasteiger partial charge on any atom is 0.326 e. The van der Waals surface area contributed by atoms with Crippen molar-refractivity contribution in [3.05, 3.63) is 112 Å². The van der Waals surface area contributed by atoms with E-state index in [-0.39, 0.29) is 17.0 Å². The highest BCUT2D eigenvalue weighted by atomic mass is 35.5. The fraction of sp³-hybridized carbons (Fsp3) is 0.214. The first-order valence-electron chi connectivity index (χ1n) is 11.3. The molecule has 1 unspecified atom stereocenters. The molecule has 0 aliphatic heterocycles. The Labute approximate surface area is 210 Å². The van der Waals surface area contributed by atoms with Crippen molar-refractivity contribution in [3.63, 3.8) is 0 Å². The highest BCUT2D eigenvalue weighted by Crippen LogP contribution is 2.18. The summed E-state index contributed by atoms with van der Waals surface area (Å²) in [5.74, 6) is -0.342. The molecule has 0 heterocycles. The van der Waals surface area contributed by atoms with E-state index in [2.05, 4.69) is 22.8 Å². The van der Waals surface area contributed by atoms with Gasteiger partial charge in [0.15, 0.2) is 5.88 Å². The zero-order valence-corrected chi connectivity index (χ0v) is 20.5. The minimum absolute atomic E-state index is 0.122. The predicted molar refractivity (Wildman–Crippen MR) is 138 cm³/mol. The second-order valence-electron chi connectivity index (χ2n) is 8.29. The van der Waals surface area contributed by atoms with Crippen LogP contribution in [0.15, 0.2) is 90.3 Å². The van der Waals surface area contributed by atoms with Crippen molar-refractivity contribution in [2.75, 3.05) is 6.54 Å². The first-order valence-corrected chi connectivity index (χ1v) is 11.7. The molecule has 0 spiro atoms. The molecule has 0 bridgehead atoms. The molecule has 3 aromatic carbocycles. The number of halogens is 1. The van der Waals surface area contributed by atoms with Gasteiger partial charge >= 0.3 is 5.97 Å². The number of aliphatic carboxylic acids is 1. The average molecular weight is 493 g/mol. The van der Waals surface area contributed by atoms with E-state index in [4.69, 9.17) is 16.3 Å². The van der Waals surface area contributed by atoms with Crippen LogP contribution in [0.4, 0.5) is 0 Å². The molecule has 0 aliphatic carbocycles. The minimum atomic E-state index is -1.12. The van der Waals surface area contributed by atoms with Gasteiger partial charge in [-0.25, -0.2) is 4.79 Å². The number of carboxylic acids is 1. The van der Waals surface area contributed by atoms with Gasteiger partial charge < -0.3 is 20.5 Å². The molecule has 3 rings (SSSR count). The van der Waals surface area contributed by atoms with E-state index in [1.165, 1.54) is 5.56 Å². The van der Waals surface area contributed by atoms with Gasteiger partial charge in [-0.2, -0.15) is 0 Å². The molecule has 0 radical (unpaired) electrons. The molecule has 6 nitrogen and oxygen atoms in total. The summed E-state index contributed by atoms with van der Waals surface area (Å²) in [6.07, 6.45) is 0.993. The van der Waals surface area contributed by atoms with Crippen LogP contribution in [0.5, 0.6) is 5.75 Å². The quantitative estimate of drug-likeness (QED) is 0.319. The summed E-state index contributed by atoms with van der Waals surface area (Å²) in [6.45, 7) is 4.67. The summed E-state index contributed by atoms with van der Waals surface area (Å²) in [7, 11) is 0. The lowest BCUT2D eigenvalue weighted by Gasteiger charge is -2.17. The van der Waals surface area contributed by atoms with Crippen LogP contribution < -0.4 is 15.4 Å². The van der Waals surface area contributed by atoms with Crippen molar-refractivity contribution in [1.29, 1.82) is 0 Å². The molecule has 0 aromatic heterocycles. The smallest absolute Gasteiger partial charge is 0.326 e. The van der Waals surface area contributed by atoms with Crippen molar-refractivity contribution in [1.82, 2.24) is 10.6 Å². The Morgan fingerprint density at radius 3 is 2.20 bits per heavy atom. The van der Waals surface area contributed by atoms with Gasteiger partial charge in [0.25, 0.3) is 5.91 Å². The van der Waals surface area contributed by atoms with Crippen LogP contribution in [0.1, 0.15) is 35.3 Å². The topological polar surface area (TPSA) is 87.7 Å². The first-order chi connectivity index (χ1) is 16.8. The van der Waals surface area contributed by atoms with Crippen molar-refractivity contribution >= 4 is 23.5 Å². The number of allylic oxidation sites excluding steroid dienone is 1. The van der Waals surface area contributed by atoms with Gasteiger partial charge in [-0.1, -0.05) is 66.2 Å². The fourth-order valence-corrected chi connectivity index (χ4v) is 3.63. The lowest BCUT2D eigenvalue weighted by Crippen LogP contribution is -2.42. The molecular weight excluding hydrogens is 464 g/mol. The Balaban J connectivity index is 1.59. The van der Waals surface area contributed by atoms with Gasteiger partial charge in [-0.3, -0.25) is 4.79 Å². The molecule has 0 saturated heterocycles. The number of rotatable bonds is 11. The van der Waals surface area contributed by atoms with Crippen LogP contribution in [-0.2, 0) is 17.6 Å². The third-order valence-electron chi connectivity index (χ3n) is 5.30. The van der Waals surface area contributed by atoms with E-state index in [0.29, 0.717) is 11.6 Å². The van der Waals surface area contributed by atoms with E-state index in [1.54, 1.807) is 48.5 Å². The molecule has 182 valence electrons. The Kier molecular flexibility index (Phi) is 9.32. The van der Waals surface area contributed by atoms with E-state index in [1.807, 2.05) is 32.0 Å². The number of amides is 1. The molecule has 3 N–H and O–H groups in total. The van der Waals surface area contributed by atoms with Gasteiger partial charge in [0.1, 0.15) is 11.8 Å². The second kappa shape index (κ2) is 12.6. The number of hydrogen-bond donors (Lipinski definition) is 3. The maximum absolute atomic E-state index is 12.5. The summed E-state index contributed by atoms with van der Waals surface area (Å²) in [5, 5.41) is 15.8. The van der Waals surface area contributed by atoms with Gasteiger partial charge in [0, 0.05) is 13.0 Å². The summed E-state index contributed by atoms with van der Waals surface area (Å²) in [5.41, 5.74) is 3.24. The molecule has 7 heteroatoms. The van der Waals surface area contributed by atoms with Crippen LogP contribution >= 0.6 is 11.6 Å². The summed E-state index contributed by atoms with van der Waals surface area (Å²) >= 11 is 6.06. The largest absolute Gasteiger partial charge is 0.480 e. The van der Waals surface area contributed by atoms with Gasteiger partial charge in [-0.15, -0.1) is 0 Å². The van der Waals surface area contributed by atoms with Gasteiger partial charge in [0.05, 0.1) is 10.6 Å². The molecular formula is C28H29ClN2O4. The number of hydrogen-bond acceptors (Lipinski definition) is 4. The van der Waals surface area contributed by atoms with Crippen molar-refractivity contribution < 1.29 is 19.4 Å². The van der Waals surface area contributed by atoms with Crippen molar-refractivity contribution in [3.8, 4) is 5.75 Å². The number of carboxylic acid groups (broad SMARTS) is 1. The minimum Gasteiger partial charge on any atom is -0.480 e. The maximum atomic E-state index is 12.5. The van der Waals surface area contributed by atoms with Crippen LogP contribution in [0.25, 0.3) is 0 Å². The number of carbonyl (C=O) groups excluding carboxylic acids is 1. The monoisotopic (exact) mass is 492 g/mol. The molecule has 35 heavy (non-hydrogen) atoms. The molecule has 1 amide bonds. The lowest BCUT2D eigenvalue weighted by molar-refractivity contribution is -0.139. The second-order valence-corrected chi connectivity index (χ2v) is 8.69. The van der Waals surface area contributed by atoms with E-state index < -0.39 is 17.9 Å². The third kappa shape index (κ3) is 7.90. The normalized spacial score (nSPS) is 11.3. The lowest BCUT2D eigenvalue weighted by atomic mass is 10.1. The standard InChI is InChI=1S/C28H29ClN2O4/c1-19(2)27(30-17-16-20-8-4-3-5-9-20)35-22-14-12-21(13-15-22)18-25(28(33)34)31-26(32)23-10-6-7-11-24(23)29/h3-15,25,30H,16-18H2,1-2H3,(H,31,32)(H,33,34). The Bertz CT molecular complexity index is 1170. The zero-order valence-electron chi connectivity index (χ0n) is 19.8.